The summed E-state index contributed by atoms with van der Waals surface area (Å²) in [5.74, 6) is 0.744. The van der Waals surface area contributed by atoms with Crippen LogP contribution in [-0.4, -0.2) is 27.8 Å². The number of amides is 1. The minimum atomic E-state index is -0.123. The van der Waals surface area contributed by atoms with Crippen molar-refractivity contribution in [2.45, 2.75) is 25.6 Å². The Morgan fingerprint density at radius 3 is 2.89 bits per heavy atom. The Bertz CT molecular complexity index is 640. The van der Waals surface area contributed by atoms with Crippen LogP contribution in [0.15, 0.2) is 6.33 Å². The van der Waals surface area contributed by atoms with Crippen LogP contribution in [0.4, 0.5) is 5.82 Å². The zero-order chi connectivity index (χ0) is 12.9. The molecule has 0 spiro atoms. The molecule has 0 aliphatic carbocycles. The largest absolute Gasteiger partial charge is 0.295 e. The highest BCUT2D eigenvalue weighted by atomic mass is 35.5. The molecular formula is C12H12ClN3OS. The van der Waals surface area contributed by atoms with Crippen molar-refractivity contribution in [1.82, 2.24) is 9.97 Å². The molecule has 2 aromatic heterocycles. The second-order valence-corrected chi connectivity index (χ2v) is 6.29. The number of alkyl halides is 1. The summed E-state index contributed by atoms with van der Waals surface area (Å²) >= 11 is 7.68. The van der Waals surface area contributed by atoms with Crippen LogP contribution in [0.2, 0.25) is 0 Å². The molecule has 0 saturated carbocycles. The van der Waals surface area contributed by atoms with Gasteiger partial charge in [0.2, 0.25) is 5.91 Å². The summed E-state index contributed by atoms with van der Waals surface area (Å²) in [7, 11) is 0. The number of anilines is 1. The van der Waals surface area contributed by atoms with Gasteiger partial charge in [0.25, 0.3) is 0 Å². The van der Waals surface area contributed by atoms with E-state index < -0.39 is 0 Å². The van der Waals surface area contributed by atoms with Crippen LogP contribution in [0.3, 0.4) is 0 Å². The molecule has 0 N–H and O–H groups in total. The number of aryl methyl sites for hydroxylation is 2. The molecule has 1 aliphatic rings. The third-order valence-corrected chi connectivity index (χ3v) is 4.69. The Hall–Kier alpha value is -1.20. The summed E-state index contributed by atoms with van der Waals surface area (Å²) in [5, 5.41) is 0.863. The molecule has 3 heterocycles. The van der Waals surface area contributed by atoms with Gasteiger partial charge in [-0.25, -0.2) is 9.97 Å². The average molecular weight is 282 g/mol. The van der Waals surface area contributed by atoms with Crippen molar-refractivity contribution in [2.24, 2.45) is 0 Å². The molecule has 0 bridgehead atoms. The van der Waals surface area contributed by atoms with Crippen molar-refractivity contribution in [2.75, 3.05) is 11.4 Å². The molecule has 1 atom stereocenters. The van der Waals surface area contributed by atoms with Gasteiger partial charge in [-0.1, -0.05) is 0 Å². The van der Waals surface area contributed by atoms with E-state index in [-0.39, 0.29) is 11.3 Å². The number of nitrogens with zero attached hydrogens (tertiary/aromatic N) is 3. The van der Waals surface area contributed by atoms with Crippen molar-refractivity contribution in [3.8, 4) is 0 Å². The smallest absolute Gasteiger partial charge is 0.229 e. The normalized spacial score (nSPS) is 20.1. The van der Waals surface area contributed by atoms with E-state index in [4.69, 9.17) is 11.6 Å². The van der Waals surface area contributed by atoms with Crippen molar-refractivity contribution in [3.05, 3.63) is 16.8 Å². The van der Waals surface area contributed by atoms with Crippen LogP contribution in [0.5, 0.6) is 0 Å². The number of thiophene rings is 1. The number of rotatable bonds is 1. The summed E-state index contributed by atoms with van der Waals surface area (Å²) < 4.78 is 0. The molecule has 18 heavy (non-hydrogen) atoms. The maximum atomic E-state index is 11.9. The number of carbonyl (C=O) groups excluding carboxylic acids is 1. The van der Waals surface area contributed by atoms with Crippen LogP contribution >= 0.6 is 22.9 Å². The van der Waals surface area contributed by atoms with E-state index in [9.17, 15) is 4.79 Å². The number of hydrogen-bond donors (Lipinski definition) is 0. The Labute approximate surface area is 114 Å². The zero-order valence-electron chi connectivity index (χ0n) is 10.1. The number of carbonyl (C=O) groups is 1. The Kier molecular flexibility index (Phi) is 2.75. The predicted octanol–water partition coefficient (Wildman–Crippen LogP) is 2.65. The molecule has 2 aromatic rings. The maximum Gasteiger partial charge on any atom is 0.229 e. The van der Waals surface area contributed by atoms with E-state index in [1.165, 1.54) is 11.2 Å². The Morgan fingerprint density at radius 1 is 1.44 bits per heavy atom. The van der Waals surface area contributed by atoms with E-state index in [0.29, 0.717) is 18.8 Å². The lowest BCUT2D eigenvalue weighted by molar-refractivity contribution is -0.117. The van der Waals surface area contributed by atoms with Crippen molar-refractivity contribution >= 4 is 44.9 Å². The average Bonchev–Trinajstić information content (AvgIpc) is 2.80. The molecular weight excluding hydrogens is 270 g/mol. The Balaban J connectivity index is 2.20. The SMILES string of the molecule is Cc1sc2ncnc(N3CC(Cl)CC3=O)c2c1C. The lowest BCUT2D eigenvalue weighted by Crippen LogP contribution is -2.26. The van der Waals surface area contributed by atoms with Gasteiger partial charge in [-0.05, 0) is 19.4 Å². The third kappa shape index (κ3) is 1.69. The maximum absolute atomic E-state index is 11.9. The van der Waals surface area contributed by atoms with E-state index >= 15 is 0 Å². The highest BCUT2D eigenvalue weighted by Crippen LogP contribution is 2.36. The third-order valence-electron chi connectivity index (χ3n) is 3.28. The second-order valence-electron chi connectivity index (χ2n) is 4.47. The molecule has 0 aromatic carbocycles. The molecule has 0 radical (unpaired) electrons. The first-order valence-electron chi connectivity index (χ1n) is 5.73. The van der Waals surface area contributed by atoms with Crippen LogP contribution < -0.4 is 4.90 Å². The summed E-state index contributed by atoms with van der Waals surface area (Å²) in [5.41, 5.74) is 1.15. The van der Waals surface area contributed by atoms with Crippen LogP contribution in [0.1, 0.15) is 16.9 Å². The van der Waals surface area contributed by atoms with Gasteiger partial charge in [0.05, 0.1) is 10.8 Å². The first kappa shape index (κ1) is 11.9. The highest BCUT2D eigenvalue weighted by molar-refractivity contribution is 7.18. The molecule has 6 heteroatoms. The first-order chi connectivity index (χ1) is 8.58. The Morgan fingerprint density at radius 2 is 2.22 bits per heavy atom. The molecule has 94 valence electrons. The van der Waals surface area contributed by atoms with Crippen LogP contribution in [-0.2, 0) is 4.79 Å². The van der Waals surface area contributed by atoms with Crippen molar-refractivity contribution in [3.63, 3.8) is 0 Å². The van der Waals surface area contributed by atoms with Gasteiger partial charge in [-0.15, -0.1) is 22.9 Å². The lowest BCUT2D eigenvalue weighted by Gasteiger charge is -2.15. The molecule has 1 saturated heterocycles. The number of fused-ring (bicyclic) bond motifs is 1. The fourth-order valence-electron chi connectivity index (χ4n) is 2.24. The fraction of sp³-hybridized carbons (Fsp3) is 0.417. The van der Waals surface area contributed by atoms with Gasteiger partial charge in [0.15, 0.2) is 0 Å². The molecule has 1 unspecified atom stereocenters. The van der Waals surface area contributed by atoms with Gasteiger partial charge in [-0.3, -0.25) is 9.69 Å². The summed E-state index contributed by atoms with van der Waals surface area (Å²) in [6.45, 7) is 4.63. The molecule has 1 amide bonds. The van der Waals surface area contributed by atoms with Gasteiger partial charge in [0.1, 0.15) is 17.0 Å². The number of halogens is 1. The lowest BCUT2D eigenvalue weighted by atomic mass is 10.2. The quantitative estimate of drug-likeness (QED) is 0.755. The molecule has 1 fully saturated rings. The fourth-order valence-corrected chi connectivity index (χ4v) is 3.50. The van der Waals surface area contributed by atoms with E-state index in [1.54, 1.807) is 16.2 Å². The van der Waals surface area contributed by atoms with E-state index in [0.717, 1.165) is 15.8 Å². The summed E-state index contributed by atoms with van der Waals surface area (Å²) in [4.78, 5) is 24.3. The predicted molar refractivity (Wildman–Crippen MR) is 73.5 cm³/mol. The first-order valence-corrected chi connectivity index (χ1v) is 6.98. The minimum Gasteiger partial charge on any atom is -0.295 e. The van der Waals surface area contributed by atoms with Crippen molar-refractivity contribution in [1.29, 1.82) is 0 Å². The number of aromatic nitrogens is 2. The van der Waals surface area contributed by atoms with Gasteiger partial charge >= 0.3 is 0 Å². The minimum absolute atomic E-state index is 0.0400. The molecule has 3 rings (SSSR count). The van der Waals surface area contributed by atoms with Crippen LogP contribution in [0.25, 0.3) is 10.2 Å². The van der Waals surface area contributed by atoms with Gasteiger partial charge in [0, 0.05) is 17.8 Å². The molecule has 1 aliphatic heterocycles. The highest BCUT2D eigenvalue weighted by Gasteiger charge is 2.31. The zero-order valence-corrected chi connectivity index (χ0v) is 11.7. The van der Waals surface area contributed by atoms with Gasteiger partial charge < -0.3 is 0 Å². The monoisotopic (exact) mass is 281 g/mol. The topological polar surface area (TPSA) is 46.1 Å². The number of hydrogen-bond acceptors (Lipinski definition) is 4. The van der Waals surface area contributed by atoms with Crippen LogP contribution in [0, 0.1) is 13.8 Å². The standard InChI is InChI=1S/C12H12ClN3OS/c1-6-7(2)18-12-10(6)11(14-5-15-12)16-4-8(13)3-9(16)17/h5,8H,3-4H2,1-2H3. The summed E-state index contributed by atoms with van der Waals surface area (Å²) in [6.07, 6.45) is 1.90. The van der Waals surface area contributed by atoms with E-state index in [2.05, 4.69) is 16.9 Å². The van der Waals surface area contributed by atoms with E-state index in [1.807, 2.05) is 6.92 Å². The molecule has 4 nitrogen and oxygen atoms in total. The second kappa shape index (κ2) is 4.17. The summed E-state index contributed by atoms with van der Waals surface area (Å²) in [6, 6.07) is 0. The van der Waals surface area contributed by atoms with Gasteiger partial charge in [-0.2, -0.15) is 0 Å². The van der Waals surface area contributed by atoms with Crippen molar-refractivity contribution < 1.29 is 4.79 Å².